The molecule has 0 unspecified atom stereocenters. The van der Waals surface area contributed by atoms with Crippen molar-refractivity contribution in [1.29, 1.82) is 0 Å². The van der Waals surface area contributed by atoms with E-state index in [1.54, 1.807) is 6.92 Å². The summed E-state index contributed by atoms with van der Waals surface area (Å²) in [4.78, 5) is -0.358. The van der Waals surface area contributed by atoms with Crippen molar-refractivity contribution in [3.8, 4) is 0 Å². The Kier molecular flexibility index (Phi) is 4.90. The van der Waals surface area contributed by atoms with E-state index in [0.717, 1.165) is 6.07 Å². The second kappa shape index (κ2) is 4.83. The molecule has 7 heteroatoms. The van der Waals surface area contributed by atoms with Gasteiger partial charge in [0.15, 0.2) is 0 Å². The summed E-state index contributed by atoms with van der Waals surface area (Å²) in [5, 5.41) is 0.252. The van der Waals surface area contributed by atoms with Crippen molar-refractivity contribution in [2.45, 2.75) is 11.8 Å². The quantitative estimate of drug-likeness (QED) is 0.357. The first-order chi connectivity index (χ1) is 5.82. The fraction of sp³-hybridized carbons (Fsp3) is 0.143. The predicted octanol–water partition coefficient (Wildman–Crippen LogP) is -1.52. The van der Waals surface area contributed by atoms with Gasteiger partial charge in [0.05, 0.1) is 5.69 Å². The first kappa shape index (κ1) is 14.2. The fourth-order valence-corrected chi connectivity index (χ4v) is 1.76. The summed E-state index contributed by atoms with van der Waals surface area (Å²) in [6.45, 7) is 1.69. The normalized spacial score (nSPS) is 10.8. The largest absolute Gasteiger partial charge is 1.00 e. The third-order valence-electron chi connectivity index (χ3n) is 1.57. The Hall–Kier alpha value is 0.220. The molecule has 0 aliphatic rings. The van der Waals surface area contributed by atoms with Crippen LogP contribution >= 0.6 is 11.6 Å². The maximum absolute atomic E-state index is 10.7. The van der Waals surface area contributed by atoms with E-state index in [-0.39, 0.29) is 45.2 Å². The Morgan fingerprint density at radius 3 is 2.36 bits per heavy atom. The van der Waals surface area contributed by atoms with Crippen LogP contribution in [0.1, 0.15) is 5.56 Å². The number of benzene rings is 1. The van der Waals surface area contributed by atoms with Crippen molar-refractivity contribution in [1.82, 2.24) is 0 Å². The van der Waals surface area contributed by atoms with Crippen LogP contribution in [0.3, 0.4) is 0 Å². The fourth-order valence-electron chi connectivity index (χ4n) is 0.909. The van der Waals surface area contributed by atoms with Crippen LogP contribution in [-0.4, -0.2) is 13.0 Å². The second-order valence-electron chi connectivity index (χ2n) is 2.61. The van der Waals surface area contributed by atoms with Crippen LogP contribution in [0, 0.1) is 6.92 Å². The van der Waals surface area contributed by atoms with Gasteiger partial charge in [-0.05, 0) is 24.6 Å². The number of rotatable bonds is 1. The average molecular weight is 245 g/mol. The van der Waals surface area contributed by atoms with E-state index in [1.807, 2.05) is 0 Å². The minimum atomic E-state index is -4.28. The number of hydrogen-bond donors (Lipinski definition) is 2. The van der Waals surface area contributed by atoms with Gasteiger partial charge in [0, 0.05) is 5.02 Å². The summed E-state index contributed by atoms with van der Waals surface area (Å²) in [6.07, 6.45) is 0. The van der Waals surface area contributed by atoms with Crippen LogP contribution in [-0.2, 0) is 10.1 Å². The van der Waals surface area contributed by atoms with Crippen LogP contribution in [0.25, 0.3) is 0 Å². The van der Waals surface area contributed by atoms with Crippen molar-refractivity contribution >= 4 is 27.4 Å². The number of anilines is 1. The maximum atomic E-state index is 10.7. The smallest absolute Gasteiger partial charge is 0.398 e. The van der Waals surface area contributed by atoms with Crippen LogP contribution in [0.15, 0.2) is 17.0 Å². The van der Waals surface area contributed by atoms with Gasteiger partial charge in [-0.1, -0.05) is 11.6 Å². The molecule has 0 fully saturated rings. The molecule has 1 aromatic rings. The maximum Gasteiger partial charge on any atom is 1.00 e. The van der Waals surface area contributed by atoms with E-state index in [2.05, 4.69) is 0 Å². The van der Waals surface area contributed by atoms with Gasteiger partial charge in [-0.2, -0.15) is 8.42 Å². The van der Waals surface area contributed by atoms with Gasteiger partial charge in [0.25, 0.3) is 10.1 Å². The van der Waals surface area contributed by atoms with E-state index in [0.29, 0.717) is 5.56 Å². The Labute approximate surface area is 109 Å². The molecule has 0 saturated carbocycles. The van der Waals surface area contributed by atoms with Crippen LogP contribution in [0.2, 0.25) is 5.02 Å². The van der Waals surface area contributed by atoms with Crippen LogP contribution in [0.5, 0.6) is 0 Å². The summed E-state index contributed by atoms with van der Waals surface area (Å²) in [5.41, 5.74) is 6.03. The molecule has 0 atom stereocenters. The summed E-state index contributed by atoms with van der Waals surface area (Å²) >= 11 is 5.66. The third kappa shape index (κ3) is 3.12. The number of nitrogens with two attached hydrogens (primary N) is 1. The molecular weight excluding hydrogens is 237 g/mol. The Balaban J connectivity index is 0.00000169. The molecule has 1 aromatic carbocycles. The zero-order valence-electron chi connectivity index (χ0n) is 7.78. The zero-order valence-corrected chi connectivity index (χ0v) is 11.4. The van der Waals surface area contributed by atoms with E-state index >= 15 is 0 Å². The Bertz CT molecular complexity index is 446. The molecule has 14 heavy (non-hydrogen) atoms. The molecule has 0 aliphatic carbocycles. The first-order valence-corrected chi connectivity index (χ1v) is 5.17. The molecule has 0 spiro atoms. The summed E-state index contributed by atoms with van der Waals surface area (Å²) in [6, 6.07) is 2.52. The molecule has 0 aromatic heterocycles. The first-order valence-electron chi connectivity index (χ1n) is 3.35. The topological polar surface area (TPSA) is 80.4 Å². The minimum Gasteiger partial charge on any atom is -0.398 e. The number of hydrogen-bond acceptors (Lipinski definition) is 3. The zero-order chi connectivity index (χ0) is 10.2. The number of nitrogen functional groups attached to an aromatic ring is 1. The molecule has 72 valence electrons. The molecule has 0 amide bonds. The molecule has 4 nitrogen and oxygen atoms in total. The van der Waals surface area contributed by atoms with Crippen molar-refractivity contribution in [2.75, 3.05) is 5.73 Å². The van der Waals surface area contributed by atoms with Crippen LogP contribution in [0.4, 0.5) is 5.69 Å². The van der Waals surface area contributed by atoms with Gasteiger partial charge in [-0.15, -0.1) is 0 Å². The summed E-state index contributed by atoms with van der Waals surface area (Å²) in [5.74, 6) is 0. The predicted molar refractivity (Wildman–Crippen MR) is 50.4 cm³/mol. The molecule has 0 saturated heterocycles. The SMILES string of the molecule is Cc1cc(N)c(S(=O)(=O)O)cc1Cl.[Na+]. The van der Waals surface area contributed by atoms with E-state index in [4.69, 9.17) is 21.9 Å². The molecule has 3 N–H and O–H groups in total. The monoisotopic (exact) mass is 244 g/mol. The van der Waals surface area contributed by atoms with Gasteiger partial charge < -0.3 is 5.73 Å². The Morgan fingerprint density at radius 2 is 1.93 bits per heavy atom. The van der Waals surface area contributed by atoms with Crippen molar-refractivity contribution in [3.05, 3.63) is 22.7 Å². The molecule has 0 radical (unpaired) electrons. The van der Waals surface area contributed by atoms with E-state index in [1.165, 1.54) is 6.07 Å². The molecule has 0 bridgehead atoms. The average Bonchev–Trinajstić information content (AvgIpc) is 1.94. The molecule has 0 heterocycles. The van der Waals surface area contributed by atoms with E-state index < -0.39 is 10.1 Å². The Morgan fingerprint density at radius 1 is 1.43 bits per heavy atom. The van der Waals surface area contributed by atoms with Gasteiger partial charge in [0.1, 0.15) is 4.90 Å². The van der Waals surface area contributed by atoms with Crippen LogP contribution < -0.4 is 35.3 Å². The number of halogens is 1. The van der Waals surface area contributed by atoms with Gasteiger partial charge in [-0.3, -0.25) is 4.55 Å². The summed E-state index contributed by atoms with van der Waals surface area (Å²) < 4.78 is 30.2. The molecular formula is C7H8ClNNaO3S+. The number of aryl methyl sites for hydroxylation is 1. The van der Waals surface area contributed by atoms with Gasteiger partial charge >= 0.3 is 29.6 Å². The molecule has 1 rings (SSSR count). The third-order valence-corrected chi connectivity index (χ3v) is 2.89. The summed E-state index contributed by atoms with van der Waals surface area (Å²) in [7, 11) is -4.28. The van der Waals surface area contributed by atoms with Crippen molar-refractivity contribution < 1.29 is 42.5 Å². The van der Waals surface area contributed by atoms with Gasteiger partial charge in [0.2, 0.25) is 0 Å². The standard InChI is InChI=1S/C7H8ClNO3S.Na/c1-4-2-6(9)7(3-5(4)8)13(10,11)12;/h2-3H,9H2,1H3,(H,10,11,12);/q;+1. The van der Waals surface area contributed by atoms with Gasteiger partial charge in [-0.25, -0.2) is 0 Å². The second-order valence-corrected chi connectivity index (χ2v) is 4.41. The van der Waals surface area contributed by atoms with E-state index in [9.17, 15) is 8.42 Å². The minimum absolute atomic E-state index is 0. The van der Waals surface area contributed by atoms with Crippen molar-refractivity contribution in [2.24, 2.45) is 0 Å². The van der Waals surface area contributed by atoms with Crippen molar-refractivity contribution in [3.63, 3.8) is 0 Å². The molecule has 0 aliphatic heterocycles.